The maximum atomic E-state index is 13.2. The Hall–Kier alpha value is -2.96. The zero-order valence-electron chi connectivity index (χ0n) is 11.0. The largest absolute Gasteiger partial charge is 0.399 e. The third-order valence-electron chi connectivity index (χ3n) is 2.90. The molecular weight excluding hydrogens is 273 g/mol. The second-order valence-electron chi connectivity index (χ2n) is 4.53. The van der Waals surface area contributed by atoms with Crippen LogP contribution in [0, 0.1) is 5.82 Å². The van der Waals surface area contributed by atoms with Gasteiger partial charge in [-0.15, -0.1) is 0 Å². The van der Waals surface area contributed by atoms with Crippen LogP contribution in [0.5, 0.6) is 0 Å². The second kappa shape index (κ2) is 5.20. The van der Waals surface area contributed by atoms with E-state index in [2.05, 4.69) is 15.4 Å². The number of anilines is 1. The molecule has 0 radical (unpaired) electrons. The SMILES string of the molecule is Nc1cc(F)cc(CNC(=O)c2cn3ncccc3n2)c1. The Bertz CT molecular complexity index is 761. The van der Waals surface area contributed by atoms with Crippen LogP contribution in [0.15, 0.2) is 42.7 Å². The monoisotopic (exact) mass is 285 g/mol. The van der Waals surface area contributed by atoms with Crippen LogP contribution in [0.25, 0.3) is 5.65 Å². The number of benzene rings is 1. The average Bonchev–Trinajstić information content (AvgIpc) is 2.87. The number of imidazole rings is 1. The number of amides is 1. The highest BCUT2D eigenvalue weighted by molar-refractivity contribution is 5.92. The summed E-state index contributed by atoms with van der Waals surface area (Å²) in [7, 11) is 0. The maximum Gasteiger partial charge on any atom is 0.271 e. The minimum Gasteiger partial charge on any atom is -0.399 e. The van der Waals surface area contributed by atoms with Crippen molar-refractivity contribution in [3.8, 4) is 0 Å². The van der Waals surface area contributed by atoms with Gasteiger partial charge in [-0.3, -0.25) is 4.79 Å². The van der Waals surface area contributed by atoms with Crippen molar-refractivity contribution in [1.82, 2.24) is 19.9 Å². The lowest BCUT2D eigenvalue weighted by atomic mass is 10.2. The predicted molar refractivity (Wildman–Crippen MR) is 75.0 cm³/mol. The first kappa shape index (κ1) is 13.0. The number of hydrogen-bond acceptors (Lipinski definition) is 4. The van der Waals surface area contributed by atoms with E-state index in [0.29, 0.717) is 16.9 Å². The van der Waals surface area contributed by atoms with Gasteiger partial charge in [0, 0.05) is 18.4 Å². The van der Waals surface area contributed by atoms with Crippen LogP contribution >= 0.6 is 0 Å². The summed E-state index contributed by atoms with van der Waals surface area (Å²) in [6.07, 6.45) is 3.14. The summed E-state index contributed by atoms with van der Waals surface area (Å²) >= 11 is 0. The highest BCUT2D eigenvalue weighted by Crippen LogP contribution is 2.11. The summed E-state index contributed by atoms with van der Waals surface area (Å²) in [5.74, 6) is -0.792. The molecule has 0 fully saturated rings. The summed E-state index contributed by atoms with van der Waals surface area (Å²) in [6, 6.07) is 7.63. The molecule has 0 atom stereocenters. The van der Waals surface area contributed by atoms with Gasteiger partial charge in [0.1, 0.15) is 11.5 Å². The molecule has 0 aliphatic carbocycles. The van der Waals surface area contributed by atoms with Crippen molar-refractivity contribution < 1.29 is 9.18 Å². The summed E-state index contributed by atoms with van der Waals surface area (Å²) in [4.78, 5) is 16.2. The molecule has 2 heterocycles. The Balaban J connectivity index is 1.74. The number of rotatable bonds is 3. The van der Waals surface area contributed by atoms with Gasteiger partial charge < -0.3 is 11.1 Å². The molecule has 0 bridgehead atoms. The van der Waals surface area contributed by atoms with Gasteiger partial charge in [0.2, 0.25) is 0 Å². The van der Waals surface area contributed by atoms with Crippen molar-refractivity contribution in [1.29, 1.82) is 0 Å². The first-order valence-electron chi connectivity index (χ1n) is 6.25. The van der Waals surface area contributed by atoms with E-state index in [4.69, 9.17) is 5.73 Å². The van der Waals surface area contributed by atoms with E-state index in [9.17, 15) is 9.18 Å². The fourth-order valence-corrected chi connectivity index (χ4v) is 1.99. The molecule has 0 saturated carbocycles. The lowest BCUT2D eigenvalue weighted by molar-refractivity contribution is 0.0946. The third-order valence-corrected chi connectivity index (χ3v) is 2.90. The molecule has 0 saturated heterocycles. The van der Waals surface area contributed by atoms with Gasteiger partial charge in [0.15, 0.2) is 5.65 Å². The normalized spacial score (nSPS) is 10.7. The Labute approximate surface area is 119 Å². The van der Waals surface area contributed by atoms with Crippen LogP contribution in [0.3, 0.4) is 0 Å². The van der Waals surface area contributed by atoms with Crippen molar-refractivity contribution in [3.05, 3.63) is 59.8 Å². The van der Waals surface area contributed by atoms with Crippen LogP contribution in [-0.2, 0) is 6.54 Å². The molecule has 0 unspecified atom stereocenters. The predicted octanol–water partition coefficient (Wildman–Crippen LogP) is 1.38. The van der Waals surface area contributed by atoms with Crippen molar-refractivity contribution in [2.24, 2.45) is 0 Å². The fraction of sp³-hybridized carbons (Fsp3) is 0.0714. The first-order chi connectivity index (χ1) is 10.1. The number of carbonyl (C=O) groups excluding carboxylic acids is 1. The van der Waals surface area contributed by atoms with Crippen LogP contribution < -0.4 is 11.1 Å². The van der Waals surface area contributed by atoms with E-state index in [1.165, 1.54) is 22.8 Å². The number of nitrogens with zero attached hydrogens (tertiary/aromatic N) is 3. The number of aromatic nitrogens is 3. The van der Waals surface area contributed by atoms with Gasteiger partial charge in [0.05, 0.1) is 6.20 Å². The van der Waals surface area contributed by atoms with Crippen molar-refractivity contribution in [3.63, 3.8) is 0 Å². The van der Waals surface area contributed by atoms with E-state index in [0.717, 1.165) is 0 Å². The number of carbonyl (C=O) groups is 1. The van der Waals surface area contributed by atoms with Gasteiger partial charge in [-0.1, -0.05) is 0 Å². The first-order valence-corrected chi connectivity index (χ1v) is 6.25. The quantitative estimate of drug-likeness (QED) is 0.712. The highest BCUT2D eigenvalue weighted by atomic mass is 19.1. The van der Waals surface area contributed by atoms with Gasteiger partial charge in [-0.2, -0.15) is 5.10 Å². The number of hydrogen-bond donors (Lipinski definition) is 2. The molecule has 3 N–H and O–H groups in total. The lowest BCUT2D eigenvalue weighted by Gasteiger charge is -2.04. The minimum atomic E-state index is -0.434. The number of fused-ring (bicyclic) bond motifs is 1. The van der Waals surface area contributed by atoms with Crippen molar-refractivity contribution in [2.75, 3.05) is 5.73 Å². The van der Waals surface area contributed by atoms with E-state index < -0.39 is 5.82 Å². The minimum absolute atomic E-state index is 0.169. The van der Waals surface area contributed by atoms with E-state index in [-0.39, 0.29) is 18.1 Å². The molecule has 7 heteroatoms. The number of nitrogen functional groups attached to an aromatic ring is 1. The lowest BCUT2D eigenvalue weighted by Crippen LogP contribution is -2.23. The van der Waals surface area contributed by atoms with Gasteiger partial charge in [0.25, 0.3) is 5.91 Å². The summed E-state index contributed by atoms with van der Waals surface area (Å²) in [6.45, 7) is 0.169. The van der Waals surface area contributed by atoms with Crippen LogP contribution in [0.1, 0.15) is 16.1 Å². The number of nitrogens with two attached hydrogens (primary N) is 1. The molecule has 3 rings (SSSR count). The number of nitrogens with one attached hydrogen (secondary N) is 1. The van der Waals surface area contributed by atoms with E-state index >= 15 is 0 Å². The molecule has 1 amide bonds. The Morgan fingerprint density at radius 3 is 3.00 bits per heavy atom. The highest BCUT2D eigenvalue weighted by Gasteiger charge is 2.11. The van der Waals surface area contributed by atoms with Crippen LogP contribution in [0.2, 0.25) is 0 Å². The Morgan fingerprint density at radius 2 is 2.24 bits per heavy atom. The molecule has 106 valence electrons. The molecule has 0 spiro atoms. The van der Waals surface area contributed by atoms with Gasteiger partial charge >= 0.3 is 0 Å². The van der Waals surface area contributed by atoms with E-state index in [1.54, 1.807) is 24.4 Å². The summed E-state index contributed by atoms with van der Waals surface area (Å²) < 4.78 is 14.7. The third kappa shape index (κ3) is 2.81. The average molecular weight is 285 g/mol. The molecule has 6 nitrogen and oxygen atoms in total. The van der Waals surface area contributed by atoms with Gasteiger partial charge in [-0.25, -0.2) is 13.9 Å². The maximum absolute atomic E-state index is 13.2. The topological polar surface area (TPSA) is 85.3 Å². The van der Waals surface area contributed by atoms with Crippen LogP contribution in [0.4, 0.5) is 10.1 Å². The molecule has 0 aliphatic rings. The Morgan fingerprint density at radius 1 is 1.38 bits per heavy atom. The number of halogens is 1. The molecule has 2 aromatic heterocycles. The molecule has 1 aromatic carbocycles. The molecular formula is C14H12FN5O. The standard InChI is InChI=1S/C14H12FN5O/c15-10-4-9(5-11(16)6-10)7-17-14(21)12-8-20-13(19-12)2-1-3-18-20/h1-6,8H,7,16H2,(H,17,21). The Kier molecular flexibility index (Phi) is 3.23. The summed E-state index contributed by atoms with van der Waals surface area (Å²) in [5, 5.41) is 6.70. The fourth-order valence-electron chi connectivity index (χ4n) is 1.99. The van der Waals surface area contributed by atoms with Crippen molar-refractivity contribution in [2.45, 2.75) is 6.54 Å². The van der Waals surface area contributed by atoms with Crippen LogP contribution in [-0.4, -0.2) is 20.5 Å². The molecule has 0 aliphatic heterocycles. The smallest absolute Gasteiger partial charge is 0.271 e. The molecule has 21 heavy (non-hydrogen) atoms. The molecule has 3 aromatic rings. The van der Waals surface area contributed by atoms with Gasteiger partial charge in [-0.05, 0) is 35.9 Å². The zero-order chi connectivity index (χ0) is 14.8. The van der Waals surface area contributed by atoms with Crippen molar-refractivity contribution >= 4 is 17.2 Å². The van der Waals surface area contributed by atoms with E-state index in [1.807, 2.05) is 0 Å². The zero-order valence-corrected chi connectivity index (χ0v) is 11.0. The second-order valence-corrected chi connectivity index (χ2v) is 4.53. The summed E-state index contributed by atoms with van der Waals surface area (Å²) in [5.41, 5.74) is 7.28.